The first kappa shape index (κ1) is 44.9. The van der Waals surface area contributed by atoms with E-state index in [-0.39, 0.29) is 25.2 Å². The summed E-state index contributed by atoms with van der Waals surface area (Å²) in [5.74, 6) is -0.616. The zero-order chi connectivity index (χ0) is 34.3. The Morgan fingerprint density at radius 1 is 0.511 bits per heavy atom. The van der Waals surface area contributed by atoms with Crippen molar-refractivity contribution in [3.8, 4) is 0 Å². The van der Waals surface area contributed by atoms with E-state index >= 15 is 0 Å². The van der Waals surface area contributed by atoms with E-state index in [4.69, 9.17) is 9.47 Å². The topological polar surface area (TPSA) is 72.8 Å². The van der Waals surface area contributed by atoms with Crippen LogP contribution in [0.4, 0.5) is 0 Å². The lowest BCUT2D eigenvalue weighted by Gasteiger charge is -2.15. The van der Waals surface area contributed by atoms with Crippen LogP contribution in [0.5, 0.6) is 0 Å². The first-order valence-corrected chi connectivity index (χ1v) is 19.7. The maximum Gasteiger partial charge on any atom is 0.306 e. The maximum atomic E-state index is 12.2. The molecule has 1 unspecified atom stereocenters. The molecule has 1 atom stereocenters. The number of allylic oxidation sites excluding steroid dienone is 8. The second-order valence-corrected chi connectivity index (χ2v) is 13.0. The summed E-state index contributed by atoms with van der Waals surface area (Å²) >= 11 is 0. The van der Waals surface area contributed by atoms with Crippen LogP contribution in [0.2, 0.25) is 0 Å². The number of unbranched alkanes of at least 4 members (excludes halogenated alkanes) is 19. The van der Waals surface area contributed by atoms with Gasteiger partial charge in [-0.05, 0) is 51.4 Å². The zero-order valence-electron chi connectivity index (χ0n) is 30.8. The Balaban J connectivity index is 3.59. The van der Waals surface area contributed by atoms with E-state index in [9.17, 15) is 14.7 Å². The fourth-order valence-electron chi connectivity index (χ4n) is 5.43. The summed E-state index contributed by atoms with van der Waals surface area (Å²) in [6, 6.07) is 0. The van der Waals surface area contributed by atoms with Gasteiger partial charge >= 0.3 is 11.9 Å². The van der Waals surface area contributed by atoms with E-state index < -0.39 is 6.10 Å². The molecular weight excluding hydrogens is 584 g/mol. The number of carbonyl (C=O) groups excluding carboxylic acids is 2. The predicted molar refractivity (Wildman–Crippen MR) is 200 cm³/mol. The van der Waals surface area contributed by atoms with Crippen LogP contribution in [-0.2, 0) is 19.1 Å². The molecule has 0 aromatic carbocycles. The number of esters is 2. The van der Waals surface area contributed by atoms with Crippen molar-refractivity contribution in [2.24, 2.45) is 0 Å². The van der Waals surface area contributed by atoms with Gasteiger partial charge in [-0.15, -0.1) is 0 Å². The molecule has 0 fully saturated rings. The molecular formula is C42H74O5. The molecule has 0 aromatic heterocycles. The quantitative estimate of drug-likeness (QED) is 0.0417. The Labute approximate surface area is 290 Å². The molecule has 0 saturated heterocycles. The lowest BCUT2D eigenvalue weighted by Crippen LogP contribution is -2.28. The van der Waals surface area contributed by atoms with Crippen LogP contribution in [0.15, 0.2) is 48.6 Å². The third kappa shape index (κ3) is 36.5. The van der Waals surface area contributed by atoms with Gasteiger partial charge in [-0.3, -0.25) is 9.59 Å². The minimum absolute atomic E-state index is 0.0746. The fourth-order valence-corrected chi connectivity index (χ4v) is 5.43. The molecule has 47 heavy (non-hydrogen) atoms. The number of aliphatic hydroxyl groups is 1. The first-order chi connectivity index (χ1) is 23.1. The van der Waals surface area contributed by atoms with Gasteiger partial charge in [0.25, 0.3) is 0 Å². The molecule has 0 saturated carbocycles. The van der Waals surface area contributed by atoms with Gasteiger partial charge in [-0.2, -0.15) is 0 Å². The van der Waals surface area contributed by atoms with Gasteiger partial charge in [-0.1, -0.05) is 172 Å². The van der Waals surface area contributed by atoms with E-state index in [1.165, 1.54) is 83.5 Å². The van der Waals surface area contributed by atoms with Gasteiger partial charge in [0.1, 0.15) is 6.61 Å². The van der Waals surface area contributed by atoms with Crippen LogP contribution < -0.4 is 0 Å². The summed E-state index contributed by atoms with van der Waals surface area (Å²) in [7, 11) is 0. The van der Waals surface area contributed by atoms with E-state index in [0.29, 0.717) is 12.8 Å². The first-order valence-electron chi connectivity index (χ1n) is 19.7. The van der Waals surface area contributed by atoms with Crippen LogP contribution >= 0.6 is 0 Å². The van der Waals surface area contributed by atoms with Crippen LogP contribution in [-0.4, -0.2) is 36.4 Å². The molecule has 272 valence electrons. The molecule has 0 heterocycles. The van der Waals surface area contributed by atoms with Crippen molar-refractivity contribution in [3.05, 3.63) is 48.6 Å². The molecule has 0 bridgehead atoms. The Morgan fingerprint density at radius 2 is 0.915 bits per heavy atom. The molecule has 0 amide bonds. The summed E-state index contributed by atoms with van der Waals surface area (Å²) in [6.45, 7) is 4.01. The Hall–Kier alpha value is -2.14. The monoisotopic (exact) mass is 659 g/mol. The van der Waals surface area contributed by atoms with E-state index in [1.807, 2.05) is 0 Å². The van der Waals surface area contributed by atoms with Crippen molar-refractivity contribution < 1.29 is 24.2 Å². The van der Waals surface area contributed by atoms with Gasteiger partial charge in [0, 0.05) is 12.8 Å². The molecule has 0 aliphatic heterocycles. The van der Waals surface area contributed by atoms with Crippen LogP contribution in [0.3, 0.4) is 0 Å². The fraction of sp³-hybridized carbons (Fsp3) is 0.762. The van der Waals surface area contributed by atoms with E-state index in [0.717, 1.165) is 77.0 Å². The molecule has 5 heteroatoms. The number of carbonyl (C=O) groups is 2. The number of ether oxygens (including phenoxy) is 2. The third-order valence-electron chi connectivity index (χ3n) is 8.39. The molecule has 0 radical (unpaired) electrons. The summed E-state index contributed by atoms with van der Waals surface area (Å²) in [5.41, 5.74) is 0. The van der Waals surface area contributed by atoms with E-state index in [1.54, 1.807) is 0 Å². The highest BCUT2D eigenvalue weighted by Crippen LogP contribution is 2.14. The lowest BCUT2D eigenvalue weighted by molar-refractivity contribution is -0.161. The van der Waals surface area contributed by atoms with Gasteiger partial charge in [0.2, 0.25) is 0 Å². The standard InChI is InChI=1S/C42H74O5/c1-3-5-7-9-11-13-15-17-19-21-23-25-27-29-31-33-35-37-42(45)47-40(38-43)39-46-41(44)36-34-32-30-28-26-24-22-20-18-16-14-12-10-8-6-4-2/h5,7,11,13,17,19,23,25,40,43H,3-4,6,8-10,12,14-16,18,20-22,24,26-39H2,1-2H3/b7-5-,13-11-,19-17-,25-23-. The SMILES string of the molecule is CC/C=C\C/C=C\C/C=C\C/C=C\CCCCCCC(=O)OC(CO)COC(=O)CCCCCCCCCCCCCCCCCC. The lowest BCUT2D eigenvalue weighted by atomic mass is 10.0. The van der Waals surface area contributed by atoms with Crippen LogP contribution in [0.25, 0.3) is 0 Å². The summed E-state index contributed by atoms with van der Waals surface area (Å²) in [4.78, 5) is 24.2. The second-order valence-electron chi connectivity index (χ2n) is 13.0. The summed E-state index contributed by atoms with van der Waals surface area (Å²) in [5, 5.41) is 9.55. The minimum Gasteiger partial charge on any atom is -0.462 e. The van der Waals surface area contributed by atoms with Crippen molar-refractivity contribution >= 4 is 11.9 Å². The Morgan fingerprint density at radius 3 is 1.38 bits per heavy atom. The largest absolute Gasteiger partial charge is 0.462 e. The average molecular weight is 659 g/mol. The smallest absolute Gasteiger partial charge is 0.306 e. The number of rotatable bonds is 35. The summed E-state index contributed by atoms with van der Waals surface area (Å²) in [6.07, 6.45) is 47.4. The van der Waals surface area contributed by atoms with Gasteiger partial charge in [0.05, 0.1) is 6.61 Å². The molecule has 5 nitrogen and oxygen atoms in total. The zero-order valence-corrected chi connectivity index (χ0v) is 30.8. The maximum absolute atomic E-state index is 12.2. The van der Waals surface area contributed by atoms with Crippen LogP contribution in [0, 0.1) is 0 Å². The highest BCUT2D eigenvalue weighted by molar-refractivity contribution is 5.70. The summed E-state index contributed by atoms with van der Waals surface area (Å²) < 4.78 is 10.6. The third-order valence-corrected chi connectivity index (χ3v) is 8.39. The average Bonchev–Trinajstić information content (AvgIpc) is 3.07. The molecule has 0 aromatic rings. The van der Waals surface area contributed by atoms with Gasteiger partial charge < -0.3 is 14.6 Å². The van der Waals surface area contributed by atoms with Crippen molar-refractivity contribution in [2.45, 2.75) is 193 Å². The highest BCUT2D eigenvalue weighted by Gasteiger charge is 2.16. The molecule has 0 aliphatic carbocycles. The molecule has 0 aliphatic rings. The minimum atomic E-state index is -0.782. The Bertz CT molecular complexity index is 797. The number of hydrogen-bond donors (Lipinski definition) is 1. The van der Waals surface area contributed by atoms with Crippen molar-refractivity contribution in [2.75, 3.05) is 13.2 Å². The predicted octanol–water partition coefficient (Wildman–Crippen LogP) is 12.2. The van der Waals surface area contributed by atoms with Crippen molar-refractivity contribution in [1.29, 1.82) is 0 Å². The van der Waals surface area contributed by atoms with Crippen molar-refractivity contribution in [3.63, 3.8) is 0 Å². The second kappa shape index (κ2) is 38.3. The van der Waals surface area contributed by atoms with Crippen LogP contribution in [0.1, 0.15) is 187 Å². The van der Waals surface area contributed by atoms with Gasteiger partial charge in [0.15, 0.2) is 6.10 Å². The van der Waals surface area contributed by atoms with E-state index in [2.05, 4.69) is 62.5 Å². The normalized spacial score (nSPS) is 12.7. The highest BCUT2D eigenvalue weighted by atomic mass is 16.6. The molecule has 1 N–H and O–H groups in total. The Kier molecular flexibility index (Phi) is 36.6. The number of hydrogen-bond acceptors (Lipinski definition) is 5. The number of aliphatic hydroxyl groups excluding tert-OH is 1. The molecule has 0 spiro atoms. The van der Waals surface area contributed by atoms with Gasteiger partial charge in [-0.25, -0.2) is 0 Å². The van der Waals surface area contributed by atoms with Crippen molar-refractivity contribution in [1.82, 2.24) is 0 Å². The molecule has 0 rings (SSSR count).